The molecule has 3 unspecified atom stereocenters. The molecule has 150 valence electrons. The lowest BCUT2D eigenvalue weighted by atomic mass is 9.78. The molecule has 4 nitrogen and oxygen atoms in total. The van der Waals surface area contributed by atoms with Gasteiger partial charge in [-0.3, -0.25) is 0 Å². The van der Waals surface area contributed by atoms with Crippen LogP contribution in [0.15, 0.2) is 0 Å². The highest BCUT2D eigenvalue weighted by atomic mass is 16.6. The van der Waals surface area contributed by atoms with Crippen LogP contribution in [0.25, 0.3) is 0 Å². The Morgan fingerprint density at radius 2 is 1.38 bits per heavy atom. The van der Waals surface area contributed by atoms with Gasteiger partial charge in [-0.2, -0.15) is 0 Å². The number of hydrogen-bond donors (Lipinski definition) is 1. The van der Waals surface area contributed by atoms with Crippen LogP contribution in [0.2, 0.25) is 13.6 Å². The zero-order valence-electron chi connectivity index (χ0n) is 17.5. The van der Waals surface area contributed by atoms with E-state index in [2.05, 4.69) is 19.0 Å². The van der Waals surface area contributed by atoms with Gasteiger partial charge in [0.2, 0.25) is 0 Å². The first-order chi connectivity index (χ1) is 12.7. The molecule has 26 heavy (non-hydrogen) atoms. The summed E-state index contributed by atoms with van der Waals surface area (Å²) in [6.07, 6.45) is 18.1. The lowest BCUT2D eigenvalue weighted by molar-refractivity contribution is -0.0500. The zero-order chi connectivity index (χ0) is 18.6. The quantitative estimate of drug-likeness (QED) is 0.365. The number of unbranched alkanes of at least 4 members (excludes halogenated alkanes) is 11. The molecule has 2 rings (SSSR count). The van der Waals surface area contributed by atoms with E-state index in [4.69, 9.17) is 14.0 Å². The maximum absolute atomic E-state index is 6.11. The molecule has 1 N–H and O–H groups in total. The van der Waals surface area contributed by atoms with Crippen molar-refractivity contribution in [2.24, 2.45) is 0 Å². The molecule has 0 aliphatic carbocycles. The summed E-state index contributed by atoms with van der Waals surface area (Å²) in [5.41, 5.74) is 0. The smallest absolute Gasteiger partial charge is 0.416 e. The molecule has 2 saturated heterocycles. The van der Waals surface area contributed by atoms with E-state index >= 15 is 0 Å². The van der Waals surface area contributed by atoms with Crippen LogP contribution in [0, 0.1) is 0 Å². The molecule has 2 aliphatic heterocycles. The minimum Gasteiger partial charge on any atom is -0.416 e. The van der Waals surface area contributed by atoms with E-state index in [1.54, 1.807) is 0 Å². The number of hydrogen-bond acceptors (Lipinski definition) is 4. The van der Waals surface area contributed by atoms with Gasteiger partial charge in [-0.05, 0) is 20.1 Å². The summed E-state index contributed by atoms with van der Waals surface area (Å²) in [5.74, 6) is 0. The van der Waals surface area contributed by atoms with E-state index < -0.39 is 0 Å². The highest BCUT2D eigenvalue weighted by Gasteiger charge is 2.43. The van der Waals surface area contributed by atoms with E-state index in [9.17, 15) is 0 Å². The molecule has 0 spiro atoms. The largest absolute Gasteiger partial charge is 0.453 e. The second-order valence-corrected chi connectivity index (χ2v) is 8.27. The molecule has 2 aliphatic rings. The topological polar surface area (TPSA) is 39.7 Å². The van der Waals surface area contributed by atoms with Crippen LogP contribution in [0.3, 0.4) is 0 Å². The first-order valence-electron chi connectivity index (χ1n) is 11.4. The predicted molar refractivity (Wildman–Crippen MR) is 112 cm³/mol. The van der Waals surface area contributed by atoms with Crippen LogP contribution < -0.4 is 5.23 Å². The average Bonchev–Trinajstić information content (AvgIpc) is 2.63. The second-order valence-electron chi connectivity index (χ2n) is 8.27. The van der Waals surface area contributed by atoms with Gasteiger partial charge in [0.15, 0.2) is 0 Å². The Morgan fingerprint density at radius 1 is 0.808 bits per heavy atom. The van der Waals surface area contributed by atoms with Crippen LogP contribution >= 0.6 is 0 Å². The lowest BCUT2D eigenvalue weighted by Crippen LogP contribution is -2.65. The standard InChI is InChI=1S/C20H41B2NO3/c1-4-5-6-7-8-9-10-11-12-13-14-15-16-19-20-18(23-21(2)25-19)17-24-22(3)26-20/h18-20,23H,4-17H2,1-3H3. The van der Waals surface area contributed by atoms with Crippen molar-refractivity contribution in [3.63, 3.8) is 0 Å². The van der Waals surface area contributed by atoms with Crippen molar-refractivity contribution in [2.45, 2.75) is 122 Å². The summed E-state index contributed by atoms with van der Waals surface area (Å²) in [7, 11) is -0.0151. The monoisotopic (exact) mass is 365 g/mol. The molecule has 2 fully saturated rings. The van der Waals surface area contributed by atoms with Gasteiger partial charge < -0.3 is 19.2 Å². The van der Waals surface area contributed by atoms with Crippen molar-refractivity contribution in [3.05, 3.63) is 0 Å². The predicted octanol–water partition coefficient (Wildman–Crippen LogP) is 5.09. The maximum atomic E-state index is 6.11. The summed E-state index contributed by atoms with van der Waals surface area (Å²) < 4.78 is 17.7. The lowest BCUT2D eigenvalue weighted by Gasteiger charge is -2.45. The minimum atomic E-state index is -0.112. The van der Waals surface area contributed by atoms with Gasteiger partial charge in [0.25, 0.3) is 0 Å². The second kappa shape index (κ2) is 13.2. The summed E-state index contributed by atoms with van der Waals surface area (Å²) in [4.78, 5) is 0. The van der Waals surface area contributed by atoms with Crippen molar-refractivity contribution < 1.29 is 14.0 Å². The molecule has 0 aromatic carbocycles. The number of fused-ring (bicyclic) bond motifs is 1. The summed E-state index contributed by atoms with van der Waals surface area (Å²) in [5, 5.41) is 3.44. The normalized spacial score (nSPS) is 26.2. The maximum Gasteiger partial charge on any atom is 0.453 e. The molecule has 0 saturated carbocycles. The Morgan fingerprint density at radius 3 is 2.00 bits per heavy atom. The van der Waals surface area contributed by atoms with Crippen molar-refractivity contribution >= 4 is 14.2 Å². The molecule has 0 radical (unpaired) electrons. The zero-order valence-corrected chi connectivity index (χ0v) is 17.5. The SMILES string of the molecule is CCCCCCCCCCCCCCC1OB(C)NC2COB(C)OC21. The Bertz CT molecular complexity index is 362. The van der Waals surface area contributed by atoms with E-state index in [0.29, 0.717) is 0 Å². The van der Waals surface area contributed by atoms with E-state index in [0.717, 1.165) is 13.0 Å². The van der Waals surface area contributed by atoms with Crippen LogP contribution in [-0.2, 0) is 14.0 Å². The molecule has 3 atom stereocenters. The van der Waals surface area contributed by atoms with Crippen molar-refractivity contribution in [2.75, 3.05) is 6.61 Å². The van der Waals surface area contributed by atoms with Crippen molar-refractivity contribution in [1.82, 2.24) is 5.23 Å². The third kappa shape index (κ3) is 8.33. The summed E-state index contributed by atoms with van der Waals surface area (Å²) in [6.45, 7) is 7.08. The van der Waals surface area contributed by atoms with Gasteiger partial charge in [-0.15, -0.1) is 0 Å². The van der Waals surface area contributed by atoms with Gasteiger partial charge >= 0.3 is 14.2 Å². The Kier molecular flexibility index (Phi) is 11.3. The van der Waals surface area contributed by atoms with Crippen LogP contribution in [-0.4, -0.2) is 39.0 Å². The van der Waals surface area contributed by atoms with Crippen LogP contribution in [0.5, 0.6) is 0 Å². The average molecular weight is 365 g/mol. The number of nitrogens with one attached hydrogen (secondary N) is 1. The molecular weight excluding hydrogens is 324 g/mol. The van der Waals surface area contributed by atoms with Crippen LogP contribution in [0.4, 0.5) is 0 Å². The van der Waals surface area contributed by atoms with E-state index in [-0.39, 0.29) is 32.4 Å². The van der Waals surface area contributed by atoms with Gasteiger partial charge in [0.05, 0.1) is 12.2 Å². The fourth-order valence-corrected chi connectivity index (χ4v) is 4.28. The third-order valence-electron chi connectivity index (χ3n) is 5.79. The molecule has 0 amide bonds. The van der Waals surface area contributed by atoms with Gasteiger partial charge in [-0.25, -0.2) is 0 Å². The van der Waals surface area contributed by atoms with E-state index in [1.807, 2.05) is 6.82 Å². The van der Waals surface area contributed by atoms with Crippen molar-refractivity contribution in [1.29, 1.82) is 0 Å². The highest BCUT2D eigenvalue weighted by molar-refractivity contribution is 6.47. The third-order valence-corrected chi connectivity index (χ3v) is 5.79. The minimum absolute atomic E-state index is 0.0965. The van der Waals surface area contributed by atoms with E-state index in [1.165, 1.54) is 77.0 Å². The molecule has 0 bridgehead atoms. The van der Waals surface area contributed by atoms with Gasteiger partial charge in [0, 0.05) is 12.6 Å². The number of rotatable bonds is 13. The highest BCUT2D eigenvalue weighted by Crippen LogP contribution is 2.25. The summed E-state index contributed by atoms with van der Waals surface area (Å²) >= 11 is 0. The molecule has 2 heterocycles. The molecular formula is C20H41B2NO3. The first-order valence-corrected chi connectivity index (χ1v) is 11.4. The van der Waals surface area contributed by atoms with Crippen molar-refractivity contribution in [3.8, 4) is 0 Å². The first kappa shape index (κ1) is 22.3. The Balaban J connectivity index is 1.47. The fraction of sp³-hybridized carbons (Fsp3) is 1.00. The van der Waals surface area contributed by atoms with Crippen LogP contribution in [0.1, 0.15) is 90.4 Å². The summed E-state index contributed by atoms with van der Waals surface area (Å²) in [6, 6.07) is 0.275. The Hall–Kier alpha value is -0.0301. The fourth-order valence-electron chi connectivity index (χ4n) is 4.28. The van der Waals surface area contributed by atoms with Gasteiger partial charge in [0.1, 0.15) is 0 Å². The molecule has 0 aromatic rings. The van der Waals surface area contributed by atoms with Gasteiger partial charge in [-0.1, -0.05) is 84.0 Å². The Labute approximate surface area is 162 Å². The molecule has 0 aromatic heterocycles. The molecule has 6 heteroatoms.